The number of nitrogens with one attached hydrogen (secondary N) is 1. The Balaban J connectivity index is 1.02. The average molecular weight is 515 g/mol. The highest BCUT2D eigenvalue weighted by molar-refractivity contribution is 5.75. The lowest BCUT2D eigenvalue weighted by Crippen LogP contribution is -2.57. The topological polar surface area (TPSA) is 96.3 Å². The first-order chi connectivity index (χ1) is 17.1. The Morgan fingerprint density at radius 1 is 1.17 bits per heavy atom. The number of alkyl halides is 5. The molecule has 4 aliphatic rings. The molecule has 2 amide bonds. The van der Waals surface area contributed by atoms with Crippen molar-refractivity contribution < 1.29 is 40.7 Å². The van der Waals surface area contributed by atoms with E-state index in [1.165, 1.54) is 4.90 Å². The quantitative estimate of drug-likeness (QED) is 0.483. The largest absolute Gasteiger partial charge is 0.471 e. The summed E-state index contributed by atoms with van der Waals surface area (Å²) in [5.74, 6) is -5.66. The monoisotopic (exact) mass is 515 g/mol. The number of nitrogens with zero attached hydrogens (tertiary/aromatic N) is 4. The summed E-state index contributed by atoms with van der Waals surface area (Å²) in [5, 5.41) is 6.62. The number of likely N-dealkylation sites (tertiary alicyclic amines) is 1. The number of urea groups is 1. The molecule has 36 heavy (non-hydrogen) atoms. The molecular formula is C22H22F5N5O4. The third-order valence-corrected chi connectivity index (χ3v) is 7.16. The second-order valence-corrected chi connectivity index (χ2v) is 9.43. The van der Waals surface area contributed by atoms with Crippen LogP contribution in [0.4, 0.5) is 26.7 Å². The molecule has 4 unspecified atom stereocenters. The fourth-order valence-electron chi connectivity index (χ4n) is 4.97. The third-order valence-electron chi connectivity index (χ3n) is 7.16. The number of hydrogen-bond acceptors (Lipinski definition) is 7. The number of amides is 2. The van der Waals surface area contributed by atoms with E-state index in [4.69, 9.17) is 9.47 Å². The van der Waals surface area contributed by atoms with Crippen molar-refractivity contribution >= 4 is 6.03 Å². The highest BCUT2D eigenvalue weighted by Crippen LogP contribution is 2.59. The van der Waals surface area contributed by atoms with Gasteiger partial charge in [-0.25, -0.2) is 13.6 Å². The van der Waals surface area contributed by atoms with Crippen LogP contribution in [0, 0.1) is 11.8 Å². The van der Waals surface area contributed by atoms with Crippen LogP contribution in [0.15, 0.2) is 28.8 Å². The van der Waals surface area contributed by atoms with Crippen molar-refractivity contribution in [2.24, 2.45) is 11.8 Å². The van der Waals surface area contributed by atoms with Crippen molar-refractivity contribution in [1.29, 1.82) is 0 Å². The first kappa shape index (κ1) is 23.6. The molecule has 4 fully saturated rings. The van der Waals surface area contributed by atoms with Crippen molar-refractivity contribution in [2.45, 2.75) is 30.5 Å². The first-order valence-corrected chi connectivity index (χ1v) is 11.5. The Labute approximate surface area is 201 Å². The van der Waals surface area contributed by atoms with E-state index in [-0.39, 0.29) is 43.3 Å². The number of ether oxygens (including phenoxy) is 2. The maximum absolute atomic E-state index is 13.5. The minimum Gasteiger partial charge on any atom is -0.377 e. The fourth-order valence-corrected chi connectivity index (χ4v) is 4.97. The number of morpholine rings is 1. The van der Waals surface area contributed by atoms with Crippen molar-refractivity contribution in [1.82, 2.24) is 25.3 Å². The van der Waals surface area contributed by atoms with Gasteiger partial charge in [-0.2, -0.15) is 18.2 Å². The van der Waals surface area contributed by atoms with Gasteiger partial charge >= 0.3 is 18.1 Å². The molecule has 1 aliphatic carbocycles. The van der Waals surface area contributed by atoms with Gasteiger partial charge in [0, 0.05) is 31.7 Å². The number of halogens is 5. The number of carbonyl (C=O) groups excluding carboxylic acids is 1. The Morgan fingerprint density at radius 3 is 2.56 bits per heavy atom. The number of carbonyl (C=O) groups is 1. The van der Waals surface area contributed by atoms with E-state index in [1.54, 1.807) is 29.2 Å². The lowest BCUT2D eigenvalue weighted by Gasteiger charge is -2.38. The summed E-state index contributed by atoms with van der Waals surface area (Å²) >= 11 is 0. The molecule has 1 aromatic carbocycles. The molecule has 3 saturated heterocycles. The van der Waals surface area contributed by atoms with Crippen LogP contribution in [0.1, 0.15) is 17.6 Å². The lowest BCUT2D eigenvalue weighted by molar-refractivity contribution is -0.159. The highest BCUT2D eigenvalue weighted by Gasteiger charge is 2.72. The van der Waals surface area contributed by atoms with Crippen LogP contribution in [0.2, 0.25) is 0 Å². The minimum atomic E-state index is -4.71. The Bertz CT molecular complexity index is 1130. The molecule has 6 rings (SSSR count). The summed E-state index contributed by atoms with van der Waals surface area (Å²) in [6, 6.07) is 6.07. The number of rotatable bonds is 5. The molecule has 14 heteroatoms. The van der Waals surface area contributed by atoms with Gasteiger partial charge in [0.05, 0.1) is 31.1 Å². The molecule has 0 spiro atoms. The van der Waals surface area contributed by atoms with Gasteiger partial charge in [-0.15, -0.1) is 0 Å². The summed E-state index contributed by atoms with van der Waals surface area (Å²) in [4.78, 5) is 19.5. The Hall–Kier alpha value is -2.84. The number of aromatic nitrogens is 2. The van der Waals surface area contributed by atoms with E-state index in [0.29, 0.717) is 31.9 Å². The van der Waals surface area contributed by atoms with Crippen LogP contribution in [-0.4, -0.2) is 83.6 Å². The summed E-state index contributed by atoms with van der Waals surface area (Å²) in [6.07, 6.45) is -5.29. The Kier molecular flexibility index (Phi) is 5.46. The van der Waals surface area contributed by atoms with Crippen molar-refractivity contribution in [2.75, 3.05) is 39.4 Å². The van der Waals surface area contributed by atoms with E-state index in [1.807, 2.05) is 0 Å². The zero-order valence-electron chi connectivity index (χ0n) is 18.8. The minimum absolute atomic E-state index is 0.0825. The standard InChI is InChI=1S/C22H22F5N5O4/c23-21(24)14-8-31(9-15(14)21)20(33)32-5-6-34-10-13(32)7-28-18-16(35-18)11-1-3-12(4-2-11)17-29-19(36-30-17)22(25,26)27/h1-4,13-16,18,28H,5-10H2/t13-,14?,15?,16?,18?/m0/s1. The van der Waals surface area contributed by atoms with E-state index in [2.05, 4.69) is 20.0 Å². The van der Waals surface area contributed by atoms with Gasteiger partial charge in [-0.05, 0) is 5.56 Å². The normalized spacial score (nSPS) is 30.9. The molecule has 0 bridgehead atoms. The molecule has 3 aliphatic heterocycles. The van der Waals surface area contributed by atoms with E-state index >= 15 is 0 Å². The lowest BCUT2D eigenvalue weighted by atomic mass is 10.1. The molecule has 4 heterocycles. The number of hydrogen-bond donors (Lipinski definition) is 1. The molecule has 9 nitrogen and oxygen atoms in total. The number of piperidine rings is 1. The second-order valence-electron chi connectivity index (χ2n) is 9.43. The van der Waals surface area contributed by atoms with E-state index in [9.17, 15) is 26.7 Å². The SMILES string of the molecule is O=C(N1CC2C(C1)C2(F)F)N1CCOC[C@@H]1CNC1OC1c1ccc(-c2noc(C(F)(F)F)n2)cc1. The van der Waals surface area contributed by atoms with Crippen LogP contribution in [0.3, 0.4) is 0 Å². The predicted molar refractivity (Wildman–Crippen MR) is 111 cm³/mol. The van der Waals surface area contributed by atoms with Gasteiger partial charge in [-0.3, -0.25) is 5.32 Å². The van der Waals surface area contributed by atoms with Crippen molar-refractivity contribution in [3.05, 3.63) is 35.7 Å². The summed E-state index contributed by atoms with van der Waals surface area (Å²) in [5.41, 5.74) is 1.18. The molecule has 2 aromatic rings. The zero-order valence-corrected chi connectivity index (χ0v) is 18.8. The van der Waals surface area contributed by atoms with E-state index in [0.717, 1.165) is 5.56 Å². The highest BCUT2D eigenvalue weighted by atomic mass is 19.4. The molecular weight excluding hydrogens is 493 g/mol. The predicted octanol–water partition coefficient (Wildman–Crippen LogP) is 2.76. The average Bonchev–Trinajstić information content (AvgIpc) is 3.47. The zero-order chi connectivity index (χ0) is 25.2. The number of epoxide rings is 1. The summed E-state index contributed by atoms with van der Waals surface area (Å²) in [7, 11) is 0. The second kappa shape index (κ2) is 8.35. The van der Waals surface area contributed by atoms with Crippen LogP contribution >= 0.6 is 0 Å². The van der Waals surface area contributed by atoms with Crippen LogP contribution in [-0.2, 0) is 15.7 Å². The van der Waals surface area contributed by atoms with Crippen LogP contribution < -0.4 is 5.32 Å². The molecule has 1 aromatic heterocycles. The van der Waals surface area contributed by atoms with Crippen LogP contribution in [0.5, 0.6) is 0 Å². The smallest absolute Gasteiger partial charge is 0.377 e. The fraction of sp³-hybridized carbons (Fsp3) is 0.591. The van der Waals surface area contributed by atoms with Gasteiger partial charge in [0.1, 0.15) is 12.3 Å². The molecule has 0 radical (unpaired) electrons. The van der Waals surface area contributed by atoms with Gasteiger partial charge in [0.15, 0.2) is 0 Å². The van der Waals surface area contributed by atoms with Gasteiger partial charge in [-0.1, -0.05) is 29.4 Å². The maximum Gasteiger partial charge on any atom is 0.471 e. The van der Waals surface area contributed by atoms with Crippen molar-refractivity contribution in [3.8, 4) is 11.4 Å². The molecule has 194 valence electrons. The summed E-state index contributed by atoms with van der Waals surface area (Å²) in [6.45, 7) is 1.66. The molecule has 5 atom stereocenters. The van der Waals surface area contributed by atoms with Crippen molar-refractivity contribution in [3.63, 3.8) is 0 Å². The van der Waals surface area contributed by atoms with Crippen LogP contribution in [0.25, 0.3) is 11.4 Å². The number of fused-ring (bicyclic) bond motifs is 1. The molecule has 1 saturated carbocycles. The number of benzene rings is 1. The summed E-state index contributed by atoms with van der Waals surface area (Å²) < 4.78 is 80.4. The molecule has 1 N–H and O–H groups in total. The Morgan fingerprint density at radius 2 is 1.89 bits per heavy atom. The van der Waals surface area contributed by atoms with Gasteiger partial charge in [0.2, 0.25) is 5.82 Å². The van der Waals surface area contributed by atoms with E-state index < -0.39 is 29.8 Å². The maximum atomic E-state index is 13.5. The van der Waals surface area contributed by atoms with Gasteiger partial charge in [0.25, 0.3) is 5.92 Å². The van der Waals surface area contributed by atoms with Gasteiger partial charge < -0.3 is 23.8 Å². The third kappa shape index (κ3) is 4.20. The first-order valence-electron chi connectivity index (χ1n) is 11.5.